The highest BCUT2D eigenvalue weighted by Crippen LogP contribution is 2.23. The number of rotatable bonds is 2. The van der Waals surface area contributed by atoms with Gasteiger partial charge in [-0.1, -0.05) is 30.4 Å². The molecule has 1 atom stereocenters. The summed E-state index contributed by atoms with van der Waals surface area (Å²) in [6.45, 7) is 11.3. The summed E-state index contributed by atoms with van der Waals surface area (Å²) in [4.78, 5) is 2.42. The Morgan fingerprint density at radius 3 is 3.00 bits per heavy atom. The number of para-hydroxylation sites is 1. The molecule has 1 aromatic carbocycles. The minimum atomic E-state index is 0.520. The normalized spacial score (nSPS) is 20.1. The number of nitrogens with zero attached hydrogens (tertiary/aromatic N) is 1. The minimum Gasteiger partial charge on any atom is -0.366 e. The monoisotopic (exact) mass is 216 g/mol. The van der Waals surface area contributed by atoms with Crippen LogP contribution in [0.4, 0.5) is 5.69 Å². The summed E-state index contributed by atoms with van der Waals surface area (Å²) in [6.07, 6.45) is 0. The van der Waals surface area contributed by atoms with E-state index in [4.69, 9.17) is 0 Å². The molecule has 0 fully saturated rings. The molecule has 86 valence electrons. The van der Waals surface area contributed by atoms with Crippen LogP contribution in [0.5, 0.6) is 0 Å². The Bertz CT molecular complexity index is 384. The van der Waals surface area contributed by atoms with Crippen molar-refractivity contribution in [1.29, 1.82) is 0 Å². The largest absolute Gasteiger partial charge is 0.366 e. The average Bonchev–Trinajstić information content (AvgIpc) is 2.39. The smallest absolute Gasteiger partial charge is 0.0415 e. The highest BCUT2D eigenvalue weighted by Gasteiger charge is 2.17. The van der Waals surface area contributed by atoms with E-state index >= 15 is 0 Å². The Morgan fingerprint density at radius 1 is 1.50 bits per heavy atom. The molecule has 1 aliphatic rings. The van der Waals surface area contributed by atoms with Crippen LogP contribution in [0.1, 0.15) is 19.4 Å². The van der Waals surface area contributed by atoms with Gasteiger partial charge >= 0.3 is 0 Å². The van der Waals surface area contributed by atoms with Gasteiger partial charge in [-0.25, -0.2) is 0 Å². The first kappa shape index (κ1) is 11.2. The lowest BCUT2D eigenvalue weighted by molar-refractivity contribution is 0.557. The van der Waals surface area contributed by atoms with Crippen LogP contribution >= 0.6 is 0 Å². The number of anilines is 1. The highest BCUT2D eigenvalue weighted by molar-refractivity contribution is 5.55. The first-order valence-corrected chi connectivity index (χ1v) is 5.87. The molecule has 0 radical (unpaired) electrons. The molecule has 2 heteroatoms. The van der Waals surface area contributed by atoms with Crippen molar-refractivity contribution < 1.29 is 0 Å². The van der Waals surface area contributed by atoms with Gasteiger partial charge in [-0.15, -0.1) is 0 Å². The van der Waals surface area contributed by atoms with Crippen LogP contribution in [0.3, 0.4) is 0 Å². The van der Waals surface area contributed by atoms with Crippen LogP contribution in [0.15, 0.2) is 36.4 Å². The van der Waals surface area contributed by atoms with Crippen molar-refractivity contribution in [3.05, 3.63) is 42.0 Å². The van der Waals surface area contributed by atoms with Gasteiger partial charge in [-0.3, -0.25) is 0 Å². The summed E-state index contributed by atoms with van der Waals surface area (Å²) in [7, 11) is 0. The van der Waals surface area contributed by atoms with E-state index in [1.165, 1.54) is 16.8 Å². The average molecular weight is 216 g/mol. The van der Waals surface area contributed by atoms with Gasteiger partial charge in [-0.05, 0) is 25.5 Å². The molecule has 1 heterocycles. The van der Waals surface area contributed by atoms with Crippen molar-refractivity contribution >= 4 is 5.69 Å². The van der Waals surface area contributed by atoms with Crippen molar-refractivity contribution in [3.8, 4) is 0 Å². The van der Waals surface area contributed by atoms with Crippen molar-refractivity contribution in [1.82, 2.24) is 5.32 Å². The van der Waals surface area contributed by atoms with Gasteiger partial charge in [0.1, 0.15) is 0 Å². The Morgan fingerprint density at radius 2 is 2.25 bits per heavy atom. The third-order valence-electron chi connectivity index (χ3n) is 2.93. The van der Waals surface area contributed by atoms with E-state index < -0.39 is 0 Å². The lowest BCUT2D eigenvalue weighted by atomic mass is 10.1. The molecule has 1 aliphatic heterocycles. The van der Waals surface area contributed by atoms with E-state index in [2.05, 4.69) is 54.9 Å². The number of nitrogens with one attached hydrogen (secondary N) is 1. The molecule has 1 N–H and O–H groups in total. The second-order valence-electron chi connectivity index (χ2n) is 4.75. The number of fused-ring (bicyclic) bond motifs is 1. The molecule has 0 spiro atoms. The van der Waals surface area contributed by atoms with Crippen LogP contribution < -0.4 is 10.2 Å². The van der Waals surface area contributed by atoms with Crippen LogP contribution in [-0.2, 0) is 6.54 Å². The first-order chi connectivity index (χ1) is 7.66. The molecule has 0 aromatic heterocycles. The maximum absolute atomic E-state index is 4.02. The minimum absolute atomic E-state index is 0.520. The molecule has 1 unspecified atom stereocenters. The lowest BCUT2D eigenvalue weighted by Gasteiger charge is -2.26. The van der Waals surface area contributed by atoms with Gasteiger partial charge in [0.25, 0.3) is 0 Å². The molecule has 16 heavy (non-hydrogen) atoms. The standard InChI is InChI=1S/C14H20N2/c1-11(2)9-16-10-12(3)15-8-13-6-4-5-7-14(13)16/h4-7,12,15H,1,8-10H2,2-3H3. The molecular weight excluding hydrogens is 196 g/mol. The molecule has 2 nitrogen and oxygen atoms in total. The Hall–Kier alpha value is -1.28. The molecule has 2 rings (SSSR count). The first-order valence-electron chi connectivity index (χ1n) is 5.87. The summed E-state index contributed by atoms with van der Waals surface area (Å²) in [5, 5.41) is 3.53. The summed E-state index contributed by atoms with van der Waals surface area (Å²) in [5.74, 6) is 0. The van der Waals surface area contributed by atoms with E-state index in [-0.39, 0.29) is 0 Å². The van der Waals surface area contributed by atoms with Crippen LogP contribution in [0.25, 0.3) is 0 Å². The van der Waals surface area contributed by atoms with E-state index in [0.717, 1.165) is 19.6 Å². The fraction of sp³-hybridized carbons (Fsp3) is 0.429. The predicted octanol–water partition coefficient (Wildman–Crippen LogP) is 2.56. The fourth-order valence-electron chi connectivity index (χ4n) is 2.22. The van der Waals surface area contributed by atoms with Crippen LogP contribution in [0.2, 0.25) is 0 Å². The number of hydrogen-bond acceptors (Lipinski definition) is 2. The maximum Gasteiger partial charge on any atom is 0.0415 e. The zero-order chi connectivity index (χ0) is 11.5. The third-order valence-corrected chi connectivity index (χ3v) is 2.93. The second-order valence-corrected chi connectivity index (χ2v) is 4.75. The SMILES string of the molecule is C=C(C)CN1CC(C)NCc2ccccc21. The van der Waals surface area contributed by atoms with Crippen LogP contribution in [0, 0.1) is 0 Å². The second kappa shape index (κ2) is 4.71. The highest BCUT2D eigenvalue weighted by atomic mass is 15.2. The van der Waals surface area contributed by atoms with E-state index in [1.807, 2.05) is 0 Å². The molecule has 0 amide bonds. The lowest BCUT2D eigenvalue weighted by Crippen LogP contribution is -2.36. The van der Waals surface area contributed by atoms with Gasteiger partial charge < -0.3 is 10.2 Å². The van der Waals surface area contributed by atoms with Crippen molar-refractivity contribution in [2.75, 3.05) is 18.0 Å². The Kier molecular flexibility index (Phi) is 3.30. The summed E-state index contributed by atoms with van der Waals surface area (Å²) in [6, 6.07) is 9.14. The summed E-state index contributed by atoms with van der Waals surface area (Å²) < 4.78 is 0. The van der Waals surface area contributed by atoms with Gasteiger partial charge in [0.05, 0.1) is 0 Å². The summed E-state index contributed by atoms with van der Waals surface area (Å²) in [5.41, 5.74) is 3.94. The molecule has 0 saturated heterocycles. The maximum atomic E-state index is 4.02. The third kappa shape index (κ3) is 2.45. The molecular formula is C14H20N2. The van der Waals surface area contributed by atoms with E-state index in [9.17, 15) is 0 Å². The molecule has 0 saturated carbocycles. The Balaban J connectivity index is 2.31. The molecule has 0 bridgehead atoms. The number of hydrogen-bond donors (Lipinski definition) is 1. The Labute approximate surface area is 98.0 Å². The topological polar surface area (TPSA) is 15.3 Å². The summed E-state index contributed by atoms with van der Waals surface area (Å²) >= 11 is 0. The quantitative estimate of drug-likeness (QED) is 0.764. The van der Waals surface area contributed by atoms with Crippen molar-refractivity contribution in [2.45, 2.75) is 26.4 Å². The predicted molar refractivity (Wildman–Crippen MR) is 69.8 cm³/mol. The van der Waals surface area contributed by atoms with Gasteiger partial charge in [-0.2, -0.15) is 0 Å². The van der Waals surface area contributed by atoms with E-state index in [0.29, 0.717) is 6.04 Å². The van der Waals surface area contributed by atoms with Gasteiger partial charge in [0.2, 0.25) is 0 Å². The zero-order valence-corrected chi connectivity index (χ0v) is 10.2. The number of benzene rings is 1. The van der Waals surface area contributed by atoms with Gasteiger partial charge in [0, 0.05) is 31.4 Å². The van der Waals surface area contributed by atoms with E-state index in [1.54, 1.807) is 0 Å². The molecule has 1 aromatic rings. The van der Waals surface area contributed by atoms with Gasteiger partial charge in [0.15, 0.2) is 0 Å². The van der Waals surface area contributed by atoms with Crippen LogP contribution in [-0.4, -0.2) is 19.1 Å². The zero-order valence-electron chi connectivity index (χ0n) is 10.2. The fourth-order valence-corrected chi connectivity index (χ4v) is 2.22. The molecule has 0 aliphatic carbocycles. The van der Waals surface area contributed by atoms with Crippen molar-refractivity contribution in [3.63, 3.8) is 0 Å². The van der Waals surface area contributed by atoms with Crippen molar-refractivity contribution in [2.24, 2.45) is 0 Å².